The van der Waals surface area contributed by atoms with E-state index in [2.05, 4.69) is 35.8 Å². The van der Waals surface area contributed by atoms with Crippen LogP contribution in [0.2, 0.25) is 0 Å². The number of hydrogen-bond acceptors (Lipinski definition) is 5. The van der Waals surface area contributed by atoms with Crippen LogP contribution < -0.4 is 10.5 Å². The standard InChI is InChI=1S/C21H24N4O2/c1-14-7-5-9-19(15(14)2)24-12-23(11-18-8-6-10-27-18)13-25-20(26)16(3)17(4)22-21(24)25/h5-10H,11-13H2,1-4H3. The summed E-state index contributed by atoms with van der Waals surface area (Å²) < 4.78 is 7.28. The van der Waals surface area contributed by atoms with Crippen molar-refractivity contribution in [3.8, 4) is 0 Å². The molecule has 0 aliphatic carbocycles. The SMILES string of the molecule is Cc1cccc(N2CN(Cc3ccco3)Cn3c2nc(C)c(C)c3=O)c1C. The van der Waals surface area contributed by atoms with Crippen molar-refractivity contribution in [2.45, 2.75) is 40.9 Å². The molecule has 0 amide bonds. The molecule has 0 N–H and O–H groups in total. The summed E-state index contributed by atoms with van der Waals surface area (Å²) in [6.45, 7) is 9.71. The number of aromatic nitrogens is 2. The Bertz CT molecular complexity index is 1040. The number of fused-ring (bicyclic) bond motifs is 1. The molecule has 0 atom stereocenters. The Morgan fingerprint density at radius 3 is 2.59 bits per heavy atom. The van der Waals surface area contributed by atoms with Crippen LogP contribution in [0.4, 0.5) is 11.6 Å². The summed E-state index contributed by atoms with van der Waals surface area (Å²) in [5.41, 5.74) is 4.96. The highest BCUT2D eigenvalue weighted by Gasteiger charge is 2.28. The monoisotopic (exact) mass is 364 g/mol. The van der Waals surface area contributed by atoms with Gasteiger partial charge in [-0.1, -0.05) is 12.1 Å². The molecule has 3 heterocycles. The zero-order valence-corrected chi connectivity index (χ0v) is 16.2. The maximum Gasteiger partial charge on any atom is 0.259 e. The lowest BCUT2D eigenvalue weighted by atomic mass is 10.1. The molecule has 4 rings (SSSR count). The third-order valence-electron chi connectivity index (χ3n) is 5.37. The lowest BCUT2D eigenvalue weighted by Crippen LogP contribution is -2.47. The van der Waals surface area contributed by atoms with Crippen LogP contribution in [0.25, 0.3) is 0 Å². The fourth-order valence-corrected chi connectivity index (χ4v) is 3.52. The second-order valence-corrected chi connectivity index (χ2v) is 7.19. The van der Waals surface area contributed by atoms with Gasteiger partial charge in [0.15, 0.2) is 0 Å². The van der Waals surface area contributed by atoms with Crippen LogP contribution in [-0.4, -0.2) is 21.1 Å². The van der Waals surface area contributed by atoms with Gasteiger partial charge in [0, 0.05) is 16.9 Å². The third-order valence-corrected chi connectivity index (χ3v) is 5.37. The fraction of sp³-hybridized carbons (Fsp3) is 0.333. The second kappa shape index (κ2) is 6.70. The number of benzene rings is 1. The average Bonchev–Trinajstić information content (AvgIpc) is 3.15. The van der Waals surface area contributed by atoms with E-state index in [0.717, 1.165) is 17.1 Å². The minimum Gasteiger partial charge on any atom is -0.468 e. The van der Waals surface area contributed by atoms with E-state index in [9.17, 15) is 4.79 Å². The zero-order chi connectivity index (χ0) is 19.1. The largest absolute Gasteiger partial charge is 0.468 e. The molecular formula is C21H24N4O2. The van der Waals surface area contributed by atoms with Gasteiger partial charge >= 0.3 is 0 Å². The van der Waals surface area contributed by atoms with Crippen molar-refractivity contribution in [3.05, 3.63) is 75.1 Å². The van der Waals surface area contributed by atoms with E-state index >= 15 is 0 Å². The summed E-state index contributed by atoms with van der Waals surface area (Å²) in [7, 11) is 0. The van der Waals surface area contributed by atoms with Gasteiger partial charge in [0.05, 0.1) is 26.1 Å². The van der Waals surface area contributed by atoms with E-state index in [0.29, 0.717) is 31.4 Å². The summed E-state index contributed by atoms with van der Waals surface area (Å²) in [5.74, 6) is 1.58. The van der Waals surface area contributed by atoms with E-state index in [1.807, 2.05) is 32.0 Å². The predicted molar refractivity (Wildman–Crippen MR) is 105 cm³/mol. The van der Waals surface area contributed by atoms with Crippen molar-refractivity contribution < 1.29 is 4.42 Å². The second-order valence-electron chi connectivity index (χ2n) is 7.19. The normalized spacial score (nSPS) is 14.4. The van der Waals surface area contributed by atoms with Crippen molar-refractivity contribution in [3.63, 3.8) is 0 Å². The lowest BCUT2D eigenvalue weighted by molar-refractivity contribution is 0.176. The average molecular weight is 364 g/mol. The molecule has 1 aromatic carbocycles. The summed E-state index contributed by atoms with van der Waals surface area (Å²) in [4.78, 5) is 22.0. The van der Waals surface area contributed by atoms with Crippen molar-refractivity contribution in [2.24, 2.45) is 0 Å². The molecule has 0 saturated heterocycles. The summed E-state index contributed by atoms with van der Waals surface area (Å²) >= 11 is 0. The van der Waals surface area contributed by atoms with Gasteiger partial charge in [-0.3, -0.25) is 19.2 Å². The topological polar surface area (TPSA) is 54.5 Å². The van der Waals surface area contributed by atoms with Gasteiger partial charge in [-0.2, -0.15) is 0 Å². The molecule has 140 valence electrons. The summed E-state index contributed by atoms with van der Waals surface area (Å²) in [5, 5.41) is 0. The van der Waals surface area contributed by atoms with Crippen LogP contribution in [-0.2, 0) is 13.2 Å². The van der Waals surface area contributed by atoms with Gasteiger partial charge in [0.2, 0.25) is 5.95 Å². The number of furan rings is 1. The van der Waals surface area contributed by atoms with Crippen LogP contribution in [0.1, 0.15) is 28.1 Å². The fourth-order valence-electron chi connectivity index (χ4n) is 3.52. The first kappa shape index (κ1) is 17.5. The summed E-state index contributed by atoms with van der Waals surface area (Å²) in [6, 6.07) is 10.1. The Morgan fingerprint density at radius 1 is 1.04 bits per heavy atom. The molecule has 0 unspecified atom stereocenters. The van der Waals surface area contributed by atoms with Gasteiger partial charge in [-0.05, 0) is 57.0 Å². The number of nitrogens with zero attached hydrogens (tertiary/aromatic N) is 4. The number of rotatable bonds is 3. The predicted octanol–water partition coefficient (Wildman–Crippen LogP) is 3.64. The van der Waals surface area contributed by atoms with Crippen LogP contribution in [0, 0.1) is 27.7 Å². The highest BCUT2D eigenvalue weighted by Crippen LogP contribution is 2.31. The Balaban J connectivity index is 1.84. The maximum absolute atomic E-state index is 13.0. The molecular weight excluding hydrogens is 340 g/mol. The first-order valence-corrected chi connectivity index (χ1v) is 9.12. The first-order chi connectivity index (χ1) is 13.0. The highest BCUT2D eigenvalue weighted by molar-refractivity contribution is 5.64. The Kier molecular flexibility index (Phi) is 4.36. The van der Waals surface area contributed by atoms with Gasteiger partial charge in [-0.25, -0.2) is 4.98 Å². The lowest BCUT2D eigenvalue weighted by Gasteiger charge is -2.38. The smallest absolute Gasteiger partial charge is 0.259 e. The summed E-state index contributed by atoms with van der Waals surface area (Å²) in [6.07, 6.45) is 1.68. The minimum absolute atomic E-state index is 0.0111. The third kappa shape index (κ3) is 3.06. The molecule has 0 bridgehead atoms. The molecule has 3 aromatic rings. The number of anilines is 2. The molecule has 6 heteroatoms. The minimum atomic E-state index is 0.0111. The van der Waals surface area contributed by atoms with Crippen molar-refractivity contribution in [2.75, 3.05) is 11.6 Å². The molecule has 0 spiro atoms. The van der Waals surface area contributed by atoms with Crippen LogP contribution in [0.3, 0.4) is 0 Å². The van der Waals surface area contributed by atoms with E-state index in [4.69, 9.17) is 9.40 Å². The molecule has 0 radical (unpaired) electrons. The molecule has 0 saturated carbocycles. The number of hydrogen-bond donors (Lipinski definition) is 0. The van der Waals surface area contributed by atoms with E-state index in [-0.39, 0.29) is 5.56 Å². The van der Waals surface area contributed by atoms with Crippen LogP contribution in [0.15, 0.2) is 45.8 Å². The Hall–Kier alpha value is -2.86. The van der Waals surface area contributed by atoms with Crippen molar-refractivity contribution in [1.29, 1.82) is 0 Å². The van der Waals surface area contributed by atoms with Gasteiger partial charge in [0.25, 0.3) is 5.56 Å². The molecule has 1 aliphatic rings. The van der Waals surface area contributed by atoms with E-state index in [1.54, 1.807) is 10.8 Å². The molecule has 6 nitrogen and oxygen atoms in total. The zero-order valence-electron chi connectivity index (χ0n) is 16.2. The molecule has 0 fully saturated rings. The molecule has 27 heavy (non-hydrogen) atoms. The van der Waals surface area contributed by atoms with Gasteiger partial charge in [-0.15, -0.1) is 0 Å². The van der Waals surface area contributed by atoms with Crippen LogP contribution in [0.5, 0.6) is 0 Å². The van der Waals surface area contributed by atoms with Gasteiger partial charge in [0.1, 0.15) is 5.76 Å². The Morgan fingerprint density at radius 2 is 1.85 bits per heavy atom. The van der Waals surface area contributed by atoms with Crippen LogP contribution >= 0.6 is 0 Å². The quantitative estimate of drug-likeness (QED) is 0.710. The van der Waals surface area contributed by atoms with E-state index in [1.165, 1.54) is 11.1 Å². The maximum atomic E-state index is 13.0. The van der Waals surface area contributed by atoms with Gasteiger partial charge < -0.3 is 4.42 Å². The van der Waals surface area contributed by atoms with Crippen molar-refractivity contribution >= 4 is 11.6 Å². The van der Waals surface area contributed by atoms with E-state index < -0.39 is 0 Å². The van der Waals surface area contributed by atoms with Crippen molar-refractivity contribution in [1.82, 2.24) is 14.5 Å². The Labute approximate surface area is 158 Å². The highest BCUT2D eigenvalue weighted by atomic mass is 16.3. The first-order valence-electron chi connectivity index (χ1n) is 9.12. The molecule has 1 aliphatic heterocycles. The molecule has 2 aromatic heterocycles. The number of aryl methyl sites for hydroxylation is 2.